The lowest BCUT2D eigenvalue weighted by Gasteiger charge is -2.18. The summed E-state index contributed by atoms with van der Waals surface area (Å²) in [7, 11) is 0. The second-order valence-electron chi connectivity index (χ2n) is 22.7. The fourth-order valence-corrected chi connectivity index (χ4v) is 9.60. The minimum atomic E-state index is -0.814. The third kappa shape index (κ3) is 66.8. The number of hydrogen-bond donors (Lipinski definition) is 0. The second-order valence-corrected chi connectivity index (χ2v) is 22.7. The average molecular weight is 1130 g/mol. The third-order valence-electron chi connectivity index (χ3n) is 14.7. The number of allylic oxidation sites excluding steroid dienone is 18. The zero-order valence-electron chi connectivity index (χ0n) is 53.3. The largest absolute Gasteiger partial charge is 0.462 e. The van der Waals surface area contributed by atoms with E-state index in [0.717, 1.165) is 103 Å². The molecule has 1 atom stereocenters. The van der Waals surface area contributed by atoms with Crippen LogP contribution in [0.1, 0.15) is 329 Å². The van der Waals surface area contributed by atoms with Crippen LogP contribution in [0.4, 0.5) is 0 Å². The molecule has 0 aromatic rings. The van der Waals surface area contributed by atoms with E-state index in [1.807, 2.05) is 0 Å². The van der Waals surface area contributed by atoms with Crippen molar-refractivity contribution >= 4 is 17.9 Å². The Hall–Kier alpha value is -3.93. The summed E-state index contributed by atoms with van der Waals surface area (Å²) in [5, 5.41) is 0. The van der Waals surface area contributed by atoms with E-state index < -0.39 is 6.10 Å². The van der Waals surface area contributed by atoms with Crippen LogP contribution in [0.5, 0.6) is 0 Å². The van der Waals surface area contributed by atoms with Gasteiger partial charge >= 0.3 is 17.9 Å². The molecule has 0 aliphatic rings. The maximum Gasteiger partial charge on any atom is 0.306 e. The summed E-state index contributed by atoms with van der Waals surface area (Å²) in [5.41, 5.74) is 0. The molecule has 0 radical (unpaired) electrons. The first-order chi connectivity index (χ1) is 40.0. The molecule has 0 aromatic heterocycles. The molecule has 0 saturated heterocycles. The van der Waals surface area contributed by atoms with E-state index in [1.54, 1.807) is 0 Å². The zero-order valence-corrected chi connectivity index (χ0v) is 53.3. The van der Waals surface area contributed by atoms with Gasteiger partial charge in [0.25, 0.3) is 0 Å². The minimum absolute atomic E-state index is 0.103. The molecule has 0 amide bonds. The van der Waals surface area contributed by atoms with Crippen molar-refractivity contribution in [1.29, 1.82) is 0 Å². The van der Waals surface area contributed by atoms with Gasteiger partial charge in [0, 0.05) is 19.3 Å². The van der Waals surface area contributed by atoms with E-state index >= 15 is 0 Å². The summed E-state index contributed by atoms with van der Waals surface area (Å²) in [6, 6.07) is 0. The Morgan fingerprint density at radius 1 is 0.259 bits per heavy atom. The number of carbonyl (C=O) groups is 3. The summed E-state index contributed by atoms with van der Waals surface area (Å²) >= 11 is 0. The smallest absolute Gasteiger partial charge is 0.306 e. The molecule has 0 aliphatic heterocycles. The second kappa shape index (κ2) is 68.6. The summed E-state index contributed by atoms with van der Waals surface area (Å²) in [6.07, 6.45) is 94.1. The highest BCUT2D eigenvalue weighted by molar-refractivity contribution is 5.71. The Morgan fingerprint density at radius 2 is 0.494 bits per heavy atom. The maximum absolute atomic E-state index is 12.9. The monoisotopic (exact) mass is 1120 g/mol. The van der Waals surface area contributed by atoms with E-state index in [4.69, 9.17) is 14.2 Å². The molecular formula is C75H128O6. The van der Waals surface area contributed by atoms with E-state index in [9.17, 15) is 14.4 Å². The zero-order chi connectivity index (χ0) is 58.5. The summed E-state index contributed by atoms with van der Waals surface area (Å²) in [4.78, 5) is 38.3. The average Bonchev–Trinajstić information content (AvgIpc) is 3.46. The van der Waals surface area contributed by atoms with Gasteiger partial charge < -0.3 is 14.2 Å². The van der Waals surface area contributed by atoms with Gasteiger partial charge in [-0.1, -0.05) is 297 Å². The van der Waals surface area contributed by atoms with Crippen molar-refractivity contribution < 1.29 is 28.6 Å². The molecule has 0 saturated carbocycles. The van der Waals surface area contributed by atoms with Crippen LogP contribution in [0.3, 0.4) is 0 Å². The SMILES string of the molecule is CC/C=C\C/C=C\C/C=C\C/C=C\C/C=C\C/C=C\C/C=C\CCCC(=O)OC(COC(=O)CCCCCCC/C=C\CCCCCC)COC(=O)CCCCCCCCCCCCCCCCC/C=C\CCCCCCCCCC. The fourth-order valence-electron chi connectivity index (χ4n) is 9.60. The molecule has 0 aliphatic carbocycles. The first-order valence-electron chi connectivity index (χ1n) is 34.4. The van der Waals surface area contributed by atoms with E-state index in [2.05, 4.69) is 130 Å². The van der Waals surface area contributed by atoms with Crippen molar-refractivity contribution in [3.63, 3.8) is 0 Å². The van der Waals surface area contributed by atoms with Crippen LogP contribution in [-0.2, 0) is 28.6 Å². The van der Waals surface area contributed by atoms with Gasteiger partial charge in [-0.05, 0) is 122 Å². The lowest BCUT2D eigenvalue weighted by Crippen LogP contribution is -2.30. The third-order valence-corrected chi connectivity index (χ3v) is 14.7. The van der Waals surface area contributed by atoms with Crippen LogP contribution in [0.25, 0.3) is 0 Å². The lowest BCUT2D eigenvalue weighted by molar-refractivity contribution is -0.167. The van der Waals surface area contributed by atoms with Gasteiger partial charge in [0.2, 0.25) is 0 Å². The van der Waals surface area contributed by atoms with Crippen LogP contribution < -0.4 is 0 Å². The molecule has 464 valence electrons. The minimum Gasteiger partial charge on any atom is -0.462 e. The number of carbonyl (C=O) groups excluding carboxylic acids is 3. The van der Waals surface area contributed by atoms with Gasteiger partial charge in [0.1, 0.15) is 13.2 Å². The van der Waals surface area contributed by atoms with Gasteiger partial charge in [-0.15, -0.1) is 0 Å². The van der Waals surface area contributed by atoms with Crippen LogP contribution in [0, 0.1) is 0 Å². The molecular weight excluding hydrogens is 997 g/mol. The van der Waals surface area contributed by atoms with Crippen molar-refractivity contribution in [2.75, 3.05) is 13.2 Å². The predicted octanol–water partition coefficient (Wildman–Crippen LogP) is 23.8. The quantitative estimate of drug-likeness (QED) is 0.0261. The molecule has 0 bridgehead atoms. The van der Waals surface area contributed by atoms with Crippen LogP contribution >= 0.6 is 0 Å². The molecule has 0 N–H and O–H groups in total. The van der Waals surface area contributed by atoms with E-state index in [1.165, 1.54) is 180 Å². The molecule has 0 spiro atoms. The van der Waals surface area contributed by atoms with Crippen LogP contribution in [0.15, 0.2) is 109 Å². The van der Waals surface area contributed by atoms with Crippen molar-refractivity contribution in [2.24, 2.45) is 0 Å². The van der Waals surface area contributed by atoms with E-state index in [0.29, 0.717) is 19.3 Å². The Bertz CT molecular complexity index is 1620. The van der Waals surface area contributed by atoms with Gasteiger partial charge in [-0.3, -0.25) is 14.4 Å². The molecule has 0 rings (SSSR count). The van der Waals surface area contributed by atoms with Crippen molar-refractivity contribution in [1.82, 2.24) is 0 Å². The topological polar surface area (TPSA) is 78.9 Å². The molecule has 1 unspecified atom stereocenters. The highest BCUT2D eigenvalue weighted by Crippen LogP contribution is 2.17. The molecule has 6 nitrogen and oxygen atoms in total. The summed E-state index contributed by atoms with van der Waals surface area (Å²) in [6.45, 7) is 6.49. The fraction of sp³-hybridized carbons (Fsp3) is 0.720. The normalized spacial score (nSPS) is 12.8. The van der Waals surface area contributed by atoms with Crippen molar-refractivity contribution in [3.8, 4) is 0 Å². The molecule has 0 fully saturated rings. The summed E-state index contributed by atoms with van der Waals surface area (Å²) < 4.78 is 16.9. The molecule has 0 aromatic carbocycles. The van der Waals surface area contributed by atoms with Gasteiger partial charge in [0.15, 0.2) is 6.10 Å². The Morgan fingerprint density at radius 3 is 0.815 bits per heavy atom. The van der Waals surface area contributed by atoms with E-state index in [-0.39, 0.29) is 37.5 Å². The maximum atomic E-state index is 12.9. The van der Waals surface area contributed by atoms with Gasteiger partial charge in [-0.2, -0.15) is 0 Å². The number of ether oxygens (including phenoxy) is 3. The highest BCUT2D eigenvalue weighted by atomic mass is 16.6. The number of esters is 3. The highest BCUT2D eigenvalue weighted by Gasteiger charge is 2.19. The summed E-state index contributed by atoms with van der Waals surface area (Å²) in [5.74, 6) is -0.962. The molecule has 81 heavy (non-hydrogen) atoms. The first kappa shape index (κ1) is 77.1. The van der Waals surface area contributed by atoms with Crippen LogP contribution in [0.2, 0.25) is 0 Å². The Labute approximate surface area is 501 Å². The Kier molecular flexibility index (Phi) is 65.2. The number of unbranched alkanes of at least 4 members (excludes halogenated alkanes) is 33. The number of rotatable bonds is 62. The number of hydrogen-bond acceptors (Lipinski definition) is 6. The lowest BCUT2D eigenvalue weighted by atomic mass is 10.0. The van der Waals surface area contributed by atoms with Crippen molar-refractivity contribution in [2.45, 2.75) is 335 Å². The van der Waals surface area contributed by atoms with Gasteiger partial charge in [0.05, 0.1) is 0 Å². The molecule has 0 heterocycles. The standard InChI is InChI=1S/C75H128O6/c1-4-7-10-13-16-19-22-25-27-29-31-33-35-36-37-38-40-41-43-45-47-50-53-56-59-62-65-68-74(77)80-71-72(70-79-73(76)67-64-61-58-55-52-49-24-21-18-15-12-9-6-3)81-75(78)69-66-63-60-57-54-51-48-46-44-42-39-34-32-30-28-26-23-20-17-14-11-8-5-2/h8,11,17,20-21,24,26,28-29,31-32,34,42,44,48,51,57,60,72H,4-7,9-10,12-16,18-19,22-23,25,27,30,33,35-41,43,45-47,49-50,52-56,58-59,61-71H2,1-3H3/b11-8-,20-17-,24-21-,28-26-,31-29-,34-32-,44-42-,51-48-,60-57-. The Balaban J connectivity index is 4.36. The predicted molar refractivity (Wildman–Crippen MR) is 353 cm³/mol. The molecule has 6 heteroatoms. The van der Waals surface area contributed by atoms with Crippen LogP contribution in [-0.4, -0.2) is 37.2 Å². The first-order valence-corrected chi connectivity index (χ1v) is 34.4. The van der Waals surface area contributed by atoms with Gasteiger partial charge in [-0.25, -0.2) is 0 Å². The van der Waals surface area contributed by atoms with Crippen molar-refractivity contribution in [3.05, 3.63) is 109 Å².